The van der Waals surface area contributed by atoms with Crippen LogP contribution in [-0.4, -0.2) is 21.8 Å². The van der Waals surface area contributed by atoms with Crippen molar-refractivity contribution in [2.24, 2.45) is 5.73 Å². The Morgan fingerprint density at radius 1 is 1.44 bits per heavy atom. The Morgan fingerprint density at radius 3 is 2.94 bits per heavy atom. The molecule has 3 rings (SSSR count). The van der Waals surface area contributed by atoms with Crippen LogP contribution in [0.25, 0.3) is 11.0 Å². The fourth-order valence-electron chi connectivity index (χ4n) is 2.23. The minimum atomic E-state index is -0.505. The molecular weight excluding hydrogens is 232 g/mol. The number of nitrogens with one attached hydrogen (secondary N) is 2. The number of hydrogen-bond donors (Lipinski definition) is 3. The van der Waals surface area contributed by atoms with Crippen LogP contribution in [0, 0.1) is 0 Å². The molecule has 0 spiro atoms. The summed E-state index contributed by atoms with van der Waals surface area (Å²) >= 11 is 0. The second kappa shape index (κ2) is 3.83. The highest BCUT2D eigenvalue weighted by atomic mass is 16.2. The Labute approximate surface area is 103 Å². The van der Waals surface area contributed by atoms with Gasteiger partial charge in [-0.1, -0.05) is 6.07 Å². The van der Waals surface area contributed by atoms with E-state index in [-0.39, 0.29) is 11.9 Å². The maximum atomic E-state index is 11.3. The zero-order valence-electron chi connectivity index (χ0n) is 9.56. The highest BCUT2D eigenvalue weighted by Crippen LogP contribution is 2.25. The number of imidazole rings is 1. The second-order valence-corrected chi connectivity index (χ2v) is 4.35. The largest absolute Gasteiger partial charge is 0.366 e. The molecule has 1 aliphatic rings. The van der Waals surface area contributed by atoms with Gasteiger partial charge in [0.15, 0.2) is 0 Å². The van der Waals surface area contributed by atoms with Crippen LogP contribution in [0.2, 0.25) is 0 Å². The van der Waals surface area contributed by atoms with Crippen LogP contribution < -0.4 is 11.1 Å². The normalized spacial score (nSPS) is 19.1. The van der Waals surface area contributed by atoms with Crippen molar-refractivity contribution in [1.82, 2.24) is 15.3 Å². The molecule has 1 atom stereocenters. The van der Waals surface area contributed by atoms with Gasteiger partial charge in [-0.25, -0.2) is 4.98 Å². The van der Waals surface area contributed by atoms with E-state index < -0.39 is 5.91 Å². The standard InChI is InChI=1S/C12H12N4O2/c13-11(18)6-2-1-3-7-10(6)16-12(15-7)8-4-5-9(17)14-8/h1-3,8H,4-5H2,(H2,13,18)(H,14,17)(H,15,16)/t8-/m1/s1. The van der Waals surface area contributed by atoms with E-state index in [0.29, 0.717) is 29.7 Å². The Morgan fingerprint density at radius 2 is 2.28 bits per heavy atom. The minimum Gasteiger partial charge on any atom is -0.366 e. The van der Waals surface area contributed by atoms with Crippen LogP contribution in [0.5, 0.6) is 0 Å². The number of amides is 2. The molecule has 0 radical (unpaired) electrons. The Bertz CT molecular complexity index is 647. The number of nitrogens with zero attached hydrogens (tertiary/aromatic N) is 1. The Balaban J connectivity index is 2.08. The summed E-state index contributed by atoms with van der Waals surface area (Å²) in [7, 11) is 0. The predicted molar refractivity (Wildman–Crippen MR) is 64.7 cm³/mol. The smallest absolute Gasteiger partial charge is 0.250 e. The summed E-state index contributed by atoms with van der Waals surface area (Å²) in [4.78, 5) is 30.0. The summed E-state index contributed by atoms with van der Waals surface area (Å²) in [6.45, 7) is 0. The van der Waals surface area contributed by atoms with Gasteiger partial charge >= 0.3 is 0 Å². The number of rotatable bonds is 2. The molecule has 2 aromatic rings. The highest BCUT2D eigenvalue weighted by Gasteiger charge is 2.25. The summed E-state index contributed by atoms with van der Waals surface area (Å²) < 4.78 is 0. The lowest BCUT2D eigenvalue weighted by molar-refractivity contribution is -0.119. The SMILES string of the molecule is NC(=O)c1cccc2[nH]c([C@H]3CCC(=O)N3)nc12. The van der Waals surface area contributed by atoms with Gasteiger partial charge in [-0.15, -0.1) is 0 Å². The minimum absolute atomic E-state index is 0.0237. The number of fused-ring (bicyclic) bond motifs is 1. The monoisotopic (exact) mass is 244 g/mol. The molecule has 0 aliphatic carbocycles. The molecule has 1 fully saturated rings. The lowest BCUT2D eigenvalue weighted by atomic mass is 10.2. The Hall–Kier alpha value is -2.37. The lowest BCUT2D eigenvalue weighted by Crippen LogP contribution is -2.19. The molecule has 6 heteroatoms. The number of carbonyl (C=O) groups is 2. The number of H-pyrrole nitrogens is 1. The number of benzene rings is 1. The molecule has 4 N–H and O–H groups in total. The van der Waals surface area contributed by atoms with Gasteiger partial charge in [0.05, 0.1) is 17.1 Å². The molecule has 92 valence electrons. The molecule has 1 aromatic heterocycles. The average molecular weight is 244 g/mol. The number of carbonyl (C=O) groups excluding carboxylic acids is 2. The van der Waals surface area contributed by atoms with Crippen molar-refractivity contribution in [2.45, 2.75) is 18.9 Å². The van der Waals surface area contributed by atoms with Gasteiger partial charge in [-0.05, 0) is 18.6 Å². The van der Waals surface area contributed by atoms with E-state index in [0.717, 1.165) is 5.52 Å². The van der Waals surface area contributed by atoms with Gasteiger partial charge in [-0.3, -0.25) is 9.59 Å². The maximum absolute atomic E-state index is 11.3. The van der Waals surface area contributed by atoms with Crippen LogP contribution in [0.15, 0.2) is 18.2 Å². The molecule has 0 saturated carbocycles. The number of aromatic nitrogens is 2. The highest BCUT2D eigenvalue weighted by molar-refractivity contribution is 6.04. The number of aromatic amines is 1. The quantitative estimate of drug-likeness (QED) is 0.721. The molecule has 6 nitrogen and oxygen atoms in total. The van der Waals surface area contributed by atoms with Gasteiger partial charge < -0.3 is 16.0 Å². The van der Waals surface area contributed by atoms with Crippen LogP contribution in [0.3, 0.4) is 0 Å². The first kappa shape index (κ1) is 10.8. The number of primary amides is 1. The van der Waals surface area contributed by atoms with Gasteiger partial charge in [-0.2, -0.15) is 0 Å². The average Bonchev–Trinajstić information content (AvgIpc) is 2.93. The summed E-state index contributed by atoms with van der Waals surface area (Å²) in [6, 6.07) is 5.11. The van der Waals surface area contributed by atoms with Crippen molar-refractivity contribution in [3.63, 3.8) is 0 Å². The van der Waals surface area contributed by atoms with Gasteiger partial charge in [0, 0.05) is 6.42 Å². The van der Waals surface area contributed by atoms with Crippen LogP contribution in [0.1, 0.15) is 35.1 Å². The van der Waals surface area contributed by atoms with Gasteiger partial charge in [0.25, 0.3) is 5.91 Å². The van der Waals surface area contributed by atoms with Crippen molar-refractivity contribution < 1.29 is 9.59 Å². The first-order valence-electron chi connectivity index (χ1n) is 5.73. The van der Waals surface area contributed by atoms with Gasteiger partial charge in [0.2, 0.25) is 5.91 Å². The molecule has 1 saturated heterocycles. The van der Waals surface area contributed by atoms with E-state index >= 15 is 0 Å². The van der Waals surface area contributed by atoms with Crippen molar-refractivity contribution in [2.75, 3.05) is 0 Å². The second-order valence-electron chi connectivity index (χ2n) is 4.35. The first-order chi connectivity index (χ1) is 8.65. The van der Waals surface area contributed by atoms with E-state index in [1.165, 1.54) is 0 Å². The van der Waals surface area contributed by atoms with E-state index in [1.807, 2.05) is 6.07 Å². The molecule has 18 heavy (non-hydrogen) atoms. The molecule has 2 heterocycles. The van der Waals surface area contributed by atoms with Gasteiger partial charge in [0.1, 0.15) is 11.3 Å². The van der Waals surface area contributed by atoms with Crippen LogP contribution in [0.4, 0.5) is 0 Å². The van der Waals surface area contributed by atoms with E-state index in [1.54, 1.807) is 12.1 Å². The molecule has 1 aliphatic heterocycles. The topological polar surface area (TPSA) is 101 Å². The molecule has 2 amide bonds. The number of para-hydroxylation sites is 1. The van der Waals surface area contributed by atoms with Crippen molar-refractivity contribution in [3.8, 4) is 0 Å². The molecule has 0 unspecified atom stereocenters. The van der Waals surface area contributed by atoms with Crippen LogP contribution >= 0.6 is 0 Å². The summed E-state index contributed by atoms with van der Waals surface area (Å²) in [6.07, 6.45) is 1.22. The summed E-state index contributed by atoms with van der Waals surface area (Å²) in [5, 5.41) is 2.83. The fourth-order valence-corrected chi connectivity index (χ4v) is 2.23. The lowest BCUT2D eigenvalue weighted by Gasteiger charge is -2.04. The van der Waals surface area contributed by atoms with Crippen LogP contribution in [-0.2, 0) is 4.79 Å². The number of hydrogen-bond acceptors (Lipinski definition) is 3. The third kappa shape index (κ3) is 1.62. The van der Waals surface area contributed by atoms with E-state index in [9.17, 15) is 9.59 Å². The van der Waals surface area contributed by atoms with E-state index in [4.69, 9.17) is 5.73 Å². The molecular formula is C12H12N4O2. The predicted octanol–water partition coefficient (Wildman–Crippen LogP) is 0.613. The summed E-state index contributed by atoms with van der Waals surface area (Å²) in [5.74, 6) is 0.189. The number of nitrogens with two attached hydrogens (primary N) is 1. The maximum Gasteiger partial charge on any atom is 0.250 e. The van der Waals surface area contributed by atoms with Crippen molar-refractivity contribution in [3.05, 3.63) is 29.6 Å². The van der Waals surface area contributed by atoms with Crippen molar-refractivity contribution in [1.29, 1.82) is 0 Å². The third-order valence-electron chi connectivity index (χ3n) is 3.12. The fraction of sp³-hybridized carbons (Fsp3) is 0.250. The van der Waals surface area contributed by atoms with Crippen molar-refractivity contribution >= 4 is 22.8 Å². The first-order valence-corrected chi connectivity index (χ1v) is 5.73. The zero-order valence-corrected chi connectivity index (χ0v) is 9.56. The third-order valence-corrected chi connectivity index (χ3v) is 3.12. The zero-order chi connectivity index (χ0) is 12.7. The molecule has 1 aromatic carbocycles. The molecule has 0 bridgehead atoms. The van der Waals surface area contributed by atoms with E-state index in [2.05, 4.69) is 15.3 Å². The Kier molecular flexibility index (Phi) is 2.29. The summed E-state index contributed by atoms with van der Waals surface area (Å²) in [5.41, 5.74) is 7.00.